The van der Waals surface area contributed by atoms with Gasteiger partial charge in [-0.15, -0.1) is 47.0 Å². The van der Waals surface area contributed by atoms with Gasteiger partial charge in [0.1, 0.15) is 19.6 Å². The summed E-state index contributed by atoms with van der Waals surface area (Å²) in [5.74, 6) is 0.206. The molecular formula is C38H30N4O8S12. The van der Waals surface area contributed by atoms with Crippen LogP contribution in [0.3, 0.4) is 0 Å². The molecule has 4 aliphatic rings. The molecule has 0 saturated heterocycles. The molecule has 6 heterocycles. The first kappa shape index (κ1) is 49.2. The van der Waals surface area contributed by atoms with Crippen molar-refractivity contribution in [1.82, 2.24) is 9.97 Å². The highest BCUT2D eigenvalue weighted by Crippen LogP contribution is 2.65. The summed E-state index contributed by atoms with van der Waals surface area (Å²) in [6.45, 7) is 15.3. The fourth-order valence-corrected chi connectivity index (χ4v) is 21.8. The fraction of sp³-hybridized carbons (Fsp3) is 0.263. The third-order valence-corrected chi connectivity index (χ3v) is 24.9. The van der Waals surface area contributed by atoms with Crippen LogP contribution in [0.15, 0.2) is 90.2 Å². The van der Waals surface area contributed by atoms with Crippen LogP contribution < -0.4 is 0 Å². The van der Waals surface area contributed by atoms with E-state index < -0.39 is 23.9 Å². The van der Waals surface area contributed by atoms with Crippen molar-refractivity contribution in [2.75, 3.05) is 53.0 Å². The van der Waals surface area contributed by atoms with Crippen molar-refractivity contribution in [2.24, 2.45) is 0 Å². The molecule has 0 saturated carbocycles. The van der Waals surface area contributed by atoms with E-state index in [2.05, 4.69) is 19.7 Å². The molecule has 0 spiro atoms. The van der Waals surface area contributed by atoms with Crippen molar-refractivity contribution in [1.29, 1.82) is 0 Å². The minimum absolute atomic E-state index is 0.206. The summed E-state index contributed by atoms with van der Waals surface area (Å²) in [5, 5.41) is 0. The second-order valence-corrected chi connectivity index (χ2v) is 25.9. The van der Waals surface area contributed by atoms with E-state index in [-0.39, 0.29) is 19.6 Å². The molecule has 322 valence electrons. The Morgan fingerprint density at radius 3 is 1.13 bits per heavy atom. The quantitative estimate of drug-likeness (QED) is 0.0641. The molecule has 0 aliphatic carbocycles. The number of rotatable bonds is 17. The smallest absolute Gasteiger partial charge is 0.346 e. The van der Waals surface area contributed by atoms with E-state index in [1.807, 2.05) is 24.3 Å². The van der Waals surface area contributed by atoms with E-state index in [4.69, 9.17) is 32.1 Å². The van der Waals surface area contributed by atoms with E-state index in [9.17, 15) is 19.2 Å². The Balaban J connectivity index is 1.14. The van der Waals surface area contributed by atoms with Crippen molar-refractivity contribution in [3.05, 3.63) is 124 Å². The number of nitrogens with zero attached hydrogens (tertiary/aromatic N) is 4. The van der Waals surface area contributed by atoms with Gasteiger partial charge in [0.05, 0.1) is 85.2 Å². The molecule has 0 bridgehead atoms. The normalized spacial score (nSPS) is 16.4. The number of hydrogen-bond acceptors (Lipinski definition) is 22. The maximum atomic E-state index is 12.5. The number of esters is 4. The molecule has 0 N–H and O–H groups in total. The summed E-state index contributed by atoms with van der Waals surface area (Å²) in [7, 11) is 5.12. The van der Waals surface area contributed by atoms with Crippen molar-refractivity contribution in [3.63, 3.8) is 0 Å². The fourth-order valence-electron chi connectivity index (χ4n) is 4.81. The van der Waals surface area contributed by atoms with Crippen LogP contribution in [0.4, 0.5) is 0 Å². The van der Waals surface area contributed by atoms with Crippen LogP contribution in [-0.4, -0.2) is 86.9 Å². The van der Waals surface area contributed by atoms with Crippen molar-refractivity contribution < 1.29 is 38.1 Å². The van der Waals surface area contributed by atoms with Crippen LogP contribution in [0.1, 0.15) is 11.1 Å². The molecule has 0 fully saturated rings. The summed E-state index contributed by atoms with van der Waals surface area (Å²) >= 11 is 17.8. The number of aromatic nitrogens is 2. The minimum Gasteiger partial charge on any atom is -0.465 e. The highest BCUT2D eigenvalue weighted by Gasteiger charge is 2.38. The number of carbonyl (C=O) groups is 4. The predicted octanol–water partition coefficient (Wildman–Crippen LogP) is 11.5. The van der Waals surface area contributed by atoms with Gasteiger partial charge in [-0.05, 0) is 35.4 Å². The average molecular weight is 1060 g/mol. The zero-order valence-corrected chi connectivity index (χ0v) is 42.5. The molecule has 62 heavy (non-hydrogen) atoms. The number of methoxy groups -OCH3 is 4. The van der Waals surface area contributed by atoms with Gasteiger partial charge in [-0.2, -0.15) is 0 Å². The van der Waals surface area contributed by atoms with E-state index >= 15 is 0 Å². The van der Waals surface area contributed by atoms with Crippen LogP contribution in [0.2, 0.25) is 0 Å². The van der Waals surface area contributed by atoms with Crippen LogP contribution in [0.5, 0.6) is 0 Å². The number of ether oxygens (including phenoxy) is 4. The van der Waals surface area contributed by atoms with Gasteiger partial charge < -0.3 is 28.6 Å². The Morgan fingerprint density at radius 2 is 0.823 bits per heavy atom. The standard InChI is InChI=1S/C38H30N4O8S12/c1-39-11-13-51-31-33(61-37(59-31)35-55-23(27(43)47-3)24(56-35)28(44)48-4)53-17-19-7-9-41-21(15-19)22-16-20(8-10-42-22)18-54-34-32(52-14-12-40-2)60-38(62-34)36-57-25(29(45)49-5)26(58-36)30(46)50-6/h7-10,15-16H,11-14,17-18H2,3-6H3. The monoisotopic (exact) mass is 1050 g/mol. The van der Waals surface area contributed by atoms with Gasteiger partial charge in [-0.25, -0.2) is 32.3 Å². The maximum absolute atomic E-state index is 12.5. The predicted molar refractivity (Wildman–Crippen MR) is 269 cm³/mol. The molecule has 0 amide bonds. The lowest BCUT2D eigenvalue weighted by Gasteiger charge is -2.08. The number of hydrogen-bond donors (Lipinski definition) is 0. The molecule has 2 aromatic rings. The van der Waals surface area contributed by atoms with Gasteiger partial charge in [0.2, 0.25) is 13.1 Å². The van der Waals surface area contributed by atoms with Crippen LogP contribution in [0, 0.1) is 13.1 Å². The van der Waals surface area contributed by atoms with Crippen molar-refractivity contribution in [2.45, 2.75) is 11.5 Å². The lowest BCUT2D eigenvalue weighted by molar-refractivity contribution is -0.138. The third kappa shape index (κ3) is 12.6. The Hall–Kier alpha value is -2.20. The van der Waals surface area contributed by atoms with Gasteiger partial charge in [-0.3, -0.25) is 9.97 Å². The van der Waals surface area contributed by atoms with Crippen molar-refractivity contribution in [3.8, 4) is 11.4 Å². The van der Waals surface area contributed by atoms with Gasteiger partial charge in [-0.1, -0.05) is 94.1 Å². The van der Waals surface area contributed by atoms with Gasteiger partial charge in [0, 0.05) is 23.9 Å². The molecular weight excluding hydrogens is 1030 g/mol. The topological polar surface area (TPSA) is 140 Å². The molecule has 4 aliphatic heterocycles. The Bertz CT molecular complexity index is 2230. The Labute approximate surface area is 409 Å². The molecule has 24 heteroatoms. The van der Waals surface area contributed by atoms with E-state index in [0.717, 1.165) is 56.4 Å². The van der Waals surface area contributed by atoms with E-state index in [0.29, 0.717) is 36.1 Å². The highest BCUT2D eigenvalue weighted by atomic mass is 32.3. The van der Waals surface area contributed by atoms with Crippen LogP contribution in [0.25, 0.3) is 21.1 Å². The van der Waals surface area contributed by atoms with Gasteiger partial charge >= 0.3 is 23.9 Å². The lowest BCUT2D eigenvalue weighted by Crippen LogP contribution is -2.08. The van der Waals surface area contributed by atoms with E-state index in [1.165, 1.54) is 75.5 Å². The lowest BCUT2D eigenvalue weighted by atomic mass is 10.1. The molecule has 2 aromatic heterocycles. The summed E-state index contributed by atoms with van der Waals surface area (Å²) in [4.78, 5) is 67.2. The molecule has 0 radical (unpaired) electrons. The maximum Gasteiger partial charge on any atom is 0.346 e. The van der Waals surface area contributed by atoms with Gasteiger partial charge in [0.15, 0.2) is 0 Å². The molecule has 0 unspecified atom stereocenters. The van der Waals surface area contributed by atoms with Gasteiger partial charge in [0.25, 0.3) is 0 Å². The zero-order valence-electron chi connectivity index (χ0n) is 32.7. The largest absolute Gasteiger partial charge is 0.465 e. The summed E-state index contributed by atoms with van der Waals surface area (Å²) < 4.78 is 27.5. The summed E-state index contributed by atoms with van der Waals surface area (Å²) in [6, 6.07) is 8.03. The molecule has 6 rings (SSSR count). The van der Waals surface area contributed by atoms with E-state index in [1.54, 1.807) is 106 Å². The summed E-state index contributed by atoms with van der Waals surface area (Å²) in [6.07, 6.45) is 3.56. The number of pyridine rings is 2. The van der Waals surface area contributed by atoms with Crippen LogP contribution in [-0.2, 0) is 49.6 Å². The summed E-state index contributed by atoms with van der Waals surface area (Å²) in [5.41, 5.74) is 3.57. The molecule has 0 atom stereocenters. The second kappa shape index (κ2) is 24.4. The second-order valence-electron chi connectivity index (χ2n) is 11.5. The Morgan fingerprint density at radius 1 is 0.516 bits per heavy atom. The third-order valence-electron chi connectivity index (χ3n) is 7.61. The zero-order chi connectivity index (χ0) is 44.2. The molecule has 0 aromatic carbocycles. The first-order valence-corrected chi connectivity index (χ1v) is 27.9. The first-order chi connectivity index (χ1) is 30.1. The average Bonchev–Trinajstić information content (AvgIpc) is 4.12. The number of carbonyl (C=O) groups excluding carboxylic acids is 4. The molecule has 12 nitrogen and oxygen atoms in total. The Kier molecular flexibility index (Phi) is 19.3. The minimum atomic E-state index is -0.590. The highest BCUT2D eigenvalue weighted by molar-refractivity contribution is 8.43. The first-order valence-electron chi connectivity index (χ1n) is 17.4. The number of thioether (sulfide) groups is 12. The SMILES string of the molecule is [C-]#[N+]CCSC1=C(SCc2ccnc(-c3cc(CSC4=C(SCC[N+]#[C-])SC(=C5SC(C(=O)OC)=C(C(=O)OC)S5)S4)ccn3)c2)SC(=C2SC(C(=O)OC)=C(C(=O)OC)S2)S1. The van der Waals surface area contributed by atoms with Crippen LogP contribution >= 0.6 is 141 Å². The van der Waals surface area contributed by atoms with Crippen molar-refractivity contribution >= 4 is 165 Å².